The van der Waals surface area contributed by atoms with E-state index in [9.17, 15) is 0 Å². The largest absolute Gasteiger partial charge is 0.396 e. The molecule has 1 fully saturated rings. The first-order valence-corrected chi connectivity index (χ1v) is 5.07. The smallest absolute Gasteiger partial charge is 0.0700 e. The van der Waals surface area contributed by atoms with E-state index in [-0.39, 0.29) is 12.0 Å². The molecule has 1 saturated heterocycles. The summed E-state index contributed by atoms with van der Waals surface area (Å²) in [5, 5.41) is 12.3. The Morgan fingerprint density at radius 1 is 1.54 bits per heavy atom. The zero-order chi connectivity index (χ0) is 9.73. The predicted molar refractivity (Wildman–Crippen MR) is 52.7 cm³/mol. The summed E-state index contributed by atoms with van der Waals surface area (Å²) in [6, 6.07) is 0. The fraction of sp³-hybridized carbons (Fsp3) is 1.00. The highest BCUT2D eigenvalue weighted by Gasteiger charge is 2.18. The third-order valence-electron chi connectivity index (χ3n) is 2.43. The minimum absolute atomic E-state index is 0.0153. The molecule has 0 aliphatic carbocycles. The summed E-state index contributed by atoms with van der Waals surface area (Å²) in [5.74, 6) is 0. The highest BCUT2D eigenvalue weighted by atomic mass is 16.5. The number of aliphatic hydroxyl groups excluding tert-OH is 1. The van der Waals surface area contributed by atoms with Gasteiger partial charge in [-0.1, -0.05) is 13.8 Å². The van der Waals surface area contributed by atoms with Gasteiger partial charge in [-0.2, -0.15) is 0 Å². The maximum absolute atomic E-state index is 9.01. The molecule has 1 unspecified atom stereocenters. The van der Waals surface area contributed by atoms with Crippen molar-refractivity contribution in [3.05, 3.63) is 0 Å². The molecule has 0 saturated carbocycles. The molecule has 0 bridgehead atoms. The van der Waals surface area contributed by atoms with Crippen molar-refractivity contribution >= 4 is 0 Å². The van der Waals surface area contributed by atoms with Gasteiger partial charge in [-0.25, -0.2) is 0 Å². The van der Waals surface area contributed by atoms with Gasteiger partial charge in [0.25, 0.3) is 0 Å². The van der Waals surface area contributed by atoms with Crippen LogP contribution in [0.2, 0.25) is 0 Å². The molecule has 0 radical (unpaired) electrons. The SMILES string of the molecule is CC(C)(CO)CNCC1CCCO1. The summed E-state index contributed by atoms with van der Waals surface area (Å²) in [4.78, 5) is 0. The molecular formula is C10H21NO2. The summed E-state index contributed by atoms with van der Waals surface area (Å²) in [7, 11) is 0. The summed E-state index contributed by atoms with van der Waals surface area (Å²) < 4.78 is 5.48. The van der Waals surface area contributed by atoms with Crippen LogP contribution in [0, 0.1) is 5.41 Å². The Morgan fingerprint density at radius 2 is 2.31 bits per heavy atom. The summed E-state index contributed by atoms with van der Waals surface area (Å²) in [5.41, 5.74) is -0.0153. The van der Waals surface area contributed by atoms with Crippen LogP contribution in [0.1, 0.15) is 26.7 Å². The molecule has 0 aromatic heterocycles. The molecule has 0 spiro atoms. The van der Waals surface area contributed by atoms with Crippen molar-refractivity contribution in [3.8, 4) is 0 Å². The molecule has 78 valence electrons. The van der Waals surface area contributed by atoms with Gasteiger partial charge in [-0.05, 0) is 12.8 Å². The highest BCUT2D eigenvalue weighted by Crippen LogP contribution is 2.13. The van der Waals surface area contributed by atoms with E-state index in [1.807, 2.05) is 0 Å². The third kappa shape index (κ3) is 4.07. The second kappa shape index (κ2) is 4.94. The zero-order valence-corrected chi connectivity index (χ0v) is 8.68. The lowest BCUT2D eigenvalue weighted by Crippen LogP contribution is -2.36. The van der Waals surface area contributed by atoms with E-state index in [2.05, 4.69) is 19.2 Å². The van der Waals surface area contributed by atoms with E-state index in [0.29, 0.717) is 6.10 Å². The van der Waals surface area contributed by atoms with Crippen LogP contribution < -0.4 is 5.32 Å². The maximum Gasteiger partial charge on any atom is 0.0700 e. The molecule has 13 heavy (non-hydrogen) atoms. The summed E-state index contributed by atoms with van der Waals surface area (Å²) >= 11 is 0. The van der Waals surface area contributed by atoms with Crippen molar-refractivity contribution in [2.75, 3.05) is 26.3 Å². The number of rotatable bonds is 5. The van der Waals surface area contributed by atoms with Gasteiger partial charge >= 0.3 is 0 Å². The molecule has 1 atom stereocenters. The average Bonchev–Trinajstić information content (AvgIpc) is 2.57. The van der Waals surface area contributed by atoms with Crippen LogP contribution >= 0.6 is 0 Å². The molecule has 1 heterocycles. The molecule has 1 aliphatic heterocycles. The molecule has 2 N–H and O–H groups in total. The topological polar surface area (TPSA) is 41.5 Å². The van der Waals surface area contributed by atoms with Gasteiger partial charge in [0.05, 0.1) is 6.10 Å². The number of hydrogen-bond donors (Lipinski definition) is 2. The van der Waals surface area contributed by atoms with Crippen molar-refractivity contribution in [1.82, 2.24) is 5.32 Å². The van der Waals surface area contributed by atoms with Gasteiger partial charge in [0.15, 0.2) is 0 Å². The fourth-order valence-electron chi connectivity index (χ4n) is 1.43. The van der Waals surface area contributed by atoms with Gasteiger partial charge in [0.1, 0.15) is 0 Å². The number of aliphatic hydroxyl groups is 1. The summed E-state index contributed by atoms with van der Waals surface area (Å²) in [6.07, 6.45) is 2.76. The molecule has 0 aromatic rings. The van der Waals surface area contributed by atoms with E-state index in [1.165, 1.54) is 12.8 Å². The van der Waals surface area contributed by atoms with Crippen LogP contribution in [0.15, 0.2) is 0 Å². The Morgan fingerprint density at radius 3 is 2.85 bits per heavy atom. The minimum atomic E-state index is -0.0153. The quantitative estimate of drug-likeness (QED) is 0.668. The van der Waals surface area contributed by atoms with Crippen LogP contribution in [0.5, 0.6) is 0 Å². The van der Waals surface area contributed by atoms with Gasteiger partial charge in [-0.3, -0.25) is 0 Å². The van der Waals surface area contributed by atoms with E-state index in [4.69, 9.17) is 9.84 Å². The van der Waals surface area contributed by atoms with Crippen molar-refractivity contribution in [1.29, 1.82) is 0 Å². The van der Waals surface area contributed by atoms with Gasteiger partial charge < -0.3 is 15.2 Å². The minimum Gasteiger partial charge on any atom is -0.396 e. The fourth-order valence-corrected chi connectivity index (χ4v) is 1.43. The van der Waals surface area contributed by atoms with E-state index in [0.717, 1.165) is 19.7 Å². The first-order valence-electron chi connectivity index (χ1n) is 5.07. The second-order valence-corrected chi connectivity index (χ2v) is 4.59. The first kappa shape index (κ1) is 11.0. The van der Waals surface area contributed by atoms with E-state index >= 15 is 0 Å². The maximum atomic E-state index is 9.01. The third-order valence-corrected chi connectivity index (χ3v) is 2.43. The zero-order valence-electron chi connectivity index (χ0n) is 8.68. The Balaban J connectivity index is 2.06. The molecule has 1 aliphatic rings. The van der Waals surface area contributed by atoms with Gasteiger partial charge in [-0.15, -0.1) is 0 Å². The normalized spacial score (nSPS) is 23.8. The van der Waals surface area contributed by atoms with Crippen LogP contribution in [-0.4, -0.2) is 37.5 Å². The Labute approximate surface area is 80.5 Å². The van der Waals surface area contributed by atoms with Gasteiger partial charge in [0, 0.05) is 31.7 Å². The predicted octanol–water partition coefficient (Wildman–Crippen LogP) is 0.773. The lowest BCUT2D eigenvalue weighted by molar-refractivity contribution is 0.102. The molecule has 0 amide bonds. The number of nitrogens with one attached hydrogen (secondary N) is 1. The molecule has 0 aromatic carbocycles. The molecule has 3 heteroatoms. The Hall–Kier alpha value is -0.120. The summed E-state index contributed by atoms with van der Waals surface area (Å²) in [6.45, 7) is 7.01. The van der Waals surface area contributed by atoms with Crippen molar-refractivity contribution in [2.45, 2.75) is 32.8 Å². The van der Waals surface area contributed by atoms with Crippen LogP contribution in [0.25, 0.3) is 0 Å². The molecule has 3 nitrogen and oxygen atoms in total. The number of hydrogen-bond acceptors (Lipinski definition) is 3. The first-order chi connectivity index (χ1) is 6.14. The lowest BCUT2D eigenvalue weighted by Gasteiger charge is -2.22. The molecule has 1 rings (SSSR count). The number of ether oxygens (including phenoxy) is 1. The average molecular weight is 187 g/mol. The van der Waals surface area contributed by atoms with Crippen LogP contribution in [0.4, 0.5) is 0 Å². The van der Waals surface area contributed by atoms with Crippen molar-refractivity contribution < 1.29 is 9.84 Å². The van der Waals surface area contributed by atoms with E-state index < -0.39 is 0 Å². The van der Waals surface area contributed by atoms with Crippen LogP contribution in [0.3, 0.4) is 0 Å². The van der Waals surface area contributed by atoms with E-state index in [1.54, 1.807) is 0 Å². The monoisotopic (exact) mass is 187 g/mol. The standard InChI is InChI=1S/C10H21NO2/c1-10(2,8-12)7-11-6-9-4-3-5-13-9/h9,11-12H,3-8H2,1-2H3. The second-order valence-electron chi connectivity index (χ2n) is 4.59. The lowest BCUT2D eigenvalue weighted by atomic mass is 9.95. The van der Waals surface area contributed by atoms with Crippen molar-refractivity contribution in [2.24, 2.45) is 5.41 Å². The van der Waals surface area contributed by atoms with Gasteiger partial charge in [0.2, 0.25) is 0 Å². The van der Waals surface area contributed by atoms with Crippen LogP contribution in [-0.2, 0) is 4.74 Å². The molecular weight excluding hydrogens is 166 g/mol. The highest BCUT2D eigenvalue weighted by molar-refractivity contribution is 4.73. The van der Waals surface area contributed by atoms with Crippen molar-refractivity contribution in [3.63, 3.8) is 0 Å². The Bertz CT molecular complexity index is 142. The Kier molecular flexibility index (Phi) is 4.16.